The van der Waals surface area contributed by atoms with Crippen LogP contribution in [0, 0.1) is 5.92 Å². The Morgan fingerprint density at radius 3 is 3.24 bits per heavy atom. The highest BCUT2D eigenvalue weighted by molar-refractivity contribution is 5.75. The predicted molar refractivity (Wildman–Crippen MR) is 63.2 cm³/mol. The SMILES string of the molecule is CC(NC(=O)Cn1cncn1)C1CCCNC1. The van der Waals surface area contributed by atoms with Crippen molar-refractivity contribution in [1.82, 2.24) is 25.4 Å². The van der Waals surface area contributed by atoms with Crippen molar-refractivity contribution in [2.75, 3.05) is 13.1 Å². The van der Waals surface area contributed by atoms with Gasteiger partial charge in [0.05, 0.1) is 0 Å². The lowest BCUT2D eigenvalue weighted by atomic mass is 9.93. The van der Waals surface area contributed by atoms with Crippen molar-refractivity contribution in [2.45, 2.75) is 32.4 Å². The first-order valence-electron chi connectivity index (χ1n) is 6.08. The van der Waals surface area contributed by atoms with E-state index in [-0.39, 0.29) is 18.5 Å². The molecule has 0 aromatic carbocycles. The summed E-state index contributed by atoms with van der Waals surface area (Å²) in [5, 5.41) is 10.3. The number of nitrogens with zero attached hydrogens (tertiary/aromatic N) is 3. The number of piperidine rings is 1. The molecule has 2 rings (SSSR count). The Kier molecular flexibility index (Phi) is 4.08. The Bertz CT molecular complexity index is 345. The van der Waals surface area contributed by atoms with Crippen molar-refractivity contribution in [1.29, 1.82) is 0 Å². The van der Waals surface area contributed by atoms with Crippen molar-refractivity contribution in [3.05, 3.63) is 12.7 Å². The Hall–Kier alpha value is -1.43. The van der Waals surface area contributed by atoms with Gasteiger partial charge < -0.3 is 10.6 Å². The maximum Gasteiger partial charge on any atom is 0.242 e. The molecular formula is C11H19N5O. The van der Waals surface area contributed by atoms with Crippen LogP contribution < -0.4 is 10.6 Å². The van der Waals surface area contributed by atoms with Crippen LogP contribution in [0.1, 0.15) is 19.8 Å². The van der Waals surface area contributed by atoms with E-state index < -0.39 is 0 Å². The number of rotatable bonds is 4. The smallest absolute Gasteiger partial charge is 0.242 e. The zero-order valence-electron chi connectivity index (χ0n) is 10.1. The monoisotopic (exact) mass is 237 g/mol. The molecule has 1 aliphatic heterocycles. The number of nitrogens with one attached hydrogen (secondary N) is 2. The van der Waals surface area contributed by atoms with Gasteiger partial charge in [0.15, 0.2) is 0 Å². The van der Waals surface area contributed by atoms with Gasteiger partial charge in [0.1, 0.15) is 19.2 Å². The third-order valence-electron chi connectivity index (χ3n) is 3.20. The summed E-state index contributed by atoms with van der Waals surface area (Å²) in [7, 11) is 0. The second-order valence-corrected chi connectivity index (χ2v) is 4.56. The van der Waals surface area contributed by atoms with Gasteiger partial charge in [-0.15, -0.1) is 0 Å². The molecule has 17 heavy (non-hydrogen) atoms. The second kappa shape index (κ2) is 5.77. The highest BCUT2D eigenvalue weighted by Gasteiger charge is 2.21. The molecule has 2 heterocycles. The molecule has 6 nitrogen and oxygen atoms in total. The highest BCUT2D eigenvalue weighted by atomic mass is 16.2. The quantitative estimate of drug-likeness (QED) is 0.759. The molecule has 6 heteroatoms. The maximum atomic E-state index is 11.7. The molecule has 1 aromatic heterocycles. The number of hydrogen-bond donors (Lipinski definition) is 2. The highest BCUT2D eigenvalue weighted by Crippen LogP contribution is 2.13. The van der Waals surface area contributed by atoms with Crippen LogP contribution in [0.2, 0.25) is 0 Å². The molecule has 94 valence electrons. The summed E-state index contributed by atoms with van der Waals surface area (Å²) in [6, 6.07) is 0.207. The van der Waals surface area contributed by atoms with Gasteiger partial charge in [-0.2, -0.15) is 5.10 Å². The van der Waals surface area contributed by atoms with E-state index in [4.69, 9.17) is 0 Å². The third kappa shape index (κ3) is 3.52. The van der Waals surface area contributed by atoms with E-state index in [1.54, 1.807) is 6.33 Å². The van der Waals surface area contributed by atoms with Crippen molar-refractivity contribution in [2.24, 2.45) is 5.92 Å². The first kappa shape index (κ1) is 12.0. The van der Waals surface area contributed by atoms with Crippen LogP contribution in [0.25, 0.3) is 0 Å². The van der Waals surface area contributed by atoms with Gasteiger partial charge in [-0.05, 0) is 38.8 Å². The first-order valence-corrected chi connectivity index (χ1v) is 6.08. The number of carbonyl (C=O) groups is 1. The average molecular weight is 237 g/mol. The molecule has 1 fully saturated rings. The minimum Gasteiger partial charge on any atom is -0.352 e. The summed E-state index contributed by atoms with van der Waals surface area (Å²) in [5.41, 5.74) is 0. The van der Waals surface area contributed by atoms with Crippen LogP contribution in [0.4, 0.5) is 0 Å². The normalized spacial score (nSPS) is 22.1. The summed E-state index contributed by atoms with van der Waals surface area (Å²) in [6.45, 7) is 4.39. The van der Waals surface area contributed by atoms with Crippen LogP contribution in [0.5, 0.6) is 0 Å². The second-order valence-electron chi connectivity index (χ2n) is 4.56. The van der Waals surface area contributed by atoms with E-state index in [0.717, 1.165) is 13.1 Å². The Labute approximate surface area is 101 Å². The van der Waals surface area contributed by atoms with Crippen LogP contribution in [-0.2, 0) is 11.3 Å². The van der Waals surface area contributed by atoms with Crippen molar-refractivity contribution >= 4 is 5.91 Å². The van der Waals surface area contributed by atoms with E-state index in [1.165, 1.54) is 23.9 Å². The number of amides is 1. The maximum absolute atomic E-state index is 11.7. The summed E-state index contributed by atoms with van der Waals surface area (Å²) < 4.78 is 1.53. The molecule has 1 saturated heterocycles. The molecule has 0 spiro atoms. The molecule has 2 N–H and O–H groups in total. The van der Waals surface area contributed by atoms with E-state index in [9.17, 15) is 4.79 Å². The fourth-order valence-corrected chi connectivity index (χ4v) is 2.18. The number of hydrogen-bond acceptors (Lipinski definition) is 4. The summed E-state index contributed by atoms with van der Waals surface area (Å²) in [6.07, 6.45) is 5.35. The molecule has 0 radical (unpaired) electrons. The molecule has 1 amide bonds. The van der Waals surface area contributed by atoms with Crippen LogP contribution in [0.15, 0.2) is 12.7 Å². The van der Waals surface area contributed by atoms with Crippen LogP contribution >= 0.6 is 0 Å². The Balaban J connectivity index is 1.77. The standard InChI is InChI=1S/C11H19N5O/c1-9(10-3-2-4-12-5-10)15-11(17)6-16-8-13-7-14-16/h7-10,12H,2-6H2,1H3,(H,15,17). The molecule has 2 unspecified atom stereocenters. The van der Waals surface area contributed by atoms with Gasteiger partial charge in [0, 0.05) is 6.04 Å². The van der Waals surface area contributed by atoms with Crippen molar-refractivity contribution < 1.29 is 4.79 Å². The average Bonchev–Trinajstić information content (AvgIpc) is 2.82. The van der Waals surface area contributed by atoms with E-state index in [1.807, 2.05) is 0 Å². The molecule has 0 saturated carbocycles. The molecule has 0 aliphatic carbocycles. The largest absolute Gasteiger partial charge is 0.352 e. The fraction of sp³-hybridized carbons (Fsp3) is 0.727. The lowest BCUT2D eigenvalue weighted by Crippen LogP contribution is -2.45. The van der Waals surface area contributed by atoms with Crippen LogP contribution in [-0.4, -0.2) is 39.8 Å². The third-order valence-corrected chi connectivity index (χ3v) is 3.20. The first-order chi connectivity index (χ1) is 8.25. The molecule has 1 aromatic rings. The van der Waals surface area contributed by atoms with Gasteiger partial charge >= 0.3 is 0 Å². The van der Waals surface area contributed by atoms with E-state index in [2.05, 4.69) is 27.6 Å². The summed E-state index contributed by atoms with van der Waals surface area (Å²) >= 11 is 0. The number of aromatic nitrogens is 3. The summed E-state index contributed by atoms with van der Waals surface area (Å²) in [4.78, 5) is 15.5. The lowest BCUT2D eigenvalue weighted by molar-refractivity contribution is -0.122. The molecular weight excluding hydrogens is 218 g/mol. The van der Waals surface area contributed by atoms with Gasteiger partial charge in [0.2, 0.25) is 5.91 Å². The topological polar surface area (TPSA) is 71.8 Å². The predicted octanol–water partition coefficient (Wildman–Crippen LogP) is -0.218. The number of carbonyl (C=O) groups excluding carboxylic acids is 1. The van der Waals surface area contributed by atoms with Gasteiger partial charge in [-0.3, -0.25) is 4.79 Å². The zero-order valence-corrected chi connectivity index (χ0v) is 10.1. The summed E-state index contributed by atoms with van der Waals surface area (Å²) in [5.74, 6) is 0.525. The Morgan fingerprint density at radius 1 is 1.71 bits per heavy atom. The van der Waals surface area contributed by atoms with Crippen LogP contribution in [0.3, 0.4) is 0 Å². The van der Waals surface area contributed by atoms with Gasteiger partial charge in [-0.25, -0.2) is 9.67 Å². The minimum absolute atomic E-state index is 0.00595. The minimum atomic E-state index is -0.00595. The Morgan fingerprint density at radius 2 is 2.59 bits per heavy atom. The molecule has 1 aliphatic rings. The lowest BCUT2D eigenvalue weighted by Gasteiger charge is -2.28. The van der Waals surface area contributed by atoms with Crippen molar-refractivity contribution in [3.8, 4) is 0 Å². The van der Waals surface area contributed by atoms with Gasteiger partial charge in [-0.1, -0.05) is 0 Å². The molecule has 0 bridgehead atoms. The zero-order chi connectivity index (χ0) is 12.1. The fourth-order valence-electron chi connectivity index (χ4n) is 2.18. The van der Waals surface area contributed by atoms with Crippen molar-refractivity contribution in [3.63, 3.8) is 0 Å². The van der Waals surface area contributed by atoms with Gasteiger partial charge in [0.25, 0.3) is 0 Å². The van der Waals surface area contributed by atoms with E-state index >= 15 is 0 Å². The van der Waals surface area contributed by atoms with E-state index in [0.29, 0.717) is 5.92 Å². The molecule has 2 atom stereocenters.